The smallest absolute Gasteiger partial charge is 0.118 e. The van der Waals surface area contributed by atoms with Crippen molar-refractivity contribution < 1.29 is 25.2 Å². The molecule has 5 unspecified atom stereocenters. The zero-order valence-corrected chi connectivity index (χ0v) is 13.7. The van der Waals surface area contributed by atoms with Gasteiger partial charge in [0.25, 0.3) is 0 Å². The third-order valence-corrected chi connectivity index (χ3v) is 5.75. The maximum atomic E-state index is 11.1. The van der Waals surface area contributed by atoms with Crippen molar-refractivity contribution in [1.82, 2.24) is 0 Å². The van der Waals surface area contributed by atoms with Crippen LogP contribution in [0.3, 0.4) is 0 Å². The maximum absolute atomic E-state index is 11.1. The highest BCUT2D eigenvalue weighted by Crippen LogP contribution is 2.61. The highest BCUT2D eigenvalue weighted by Gasteiger charge is 2.71. The summed E-state index contributed by atoms with van der Waals surface area (Å²) in [5.41, 5.74) is -5.36. The molecule has 1 rings (SSSR count). The van der Waals surface area contributed by atoms with Crippen LogP contribution in [-0.4, -0.2) is 56.5 Å². The summed E-state index contributed by atoms with van der Waals surface area (Å²) in [6.07, 6.45) is -1.27. The molecule has 5 heteroatoms. The first-order valence-corrected chi connectivity index (χ1v) is 7.06. The highest BCUT2D eigenvalue weighted by molar-refractivity contribution is 5.20. The quantitative estimate of drug-likeness (QED) is 0.600. The van der Waals surface area contributed by atoms with Crippen LogP contribution in [0, 0.1) is 10.8 Å². The summed E-state index contributed by atoms with van der Waals surface area (Å²) in [5, 5.41) is 41.1. The van der Waals surface area contributed by atoms with Crippen molar-refractivity contribution in [3.05, 3.63) is 0 Å². The van der Waals surface area contributed by atoms with Crippen LogP contribution in [0.15, 0.2) is 0 Å². The van der Waals surface area contributed by atoms with Gasteiger partial charge in [-0.3, -0.25) is 0 Å². The lowest BCUT2D eigenvalue weighted by Gasteiger charge is -2.67. The van der Waals surface area contributed by atoms with Crippen molar-refractivity contribution in [2.75, 3.05) is 13.2 Å². The summed E-state index contributed by atoms with van der Waals surface area (Å²) in [6.45, 7) is 11.7. The summed E-state index contributed by atoms with van der Waals surface area (Å²) in [6, 6.07) is 0. The van der Waals surface area contributed by atoms with Crippen molar-refractivity contribution in [2.45, 2.75) is 71.4 Å². The van der Waals surface area contributed by atoms with Crippen LogP contribution in [0.4, 0.5) is 0 Å². The molecule has 0 aliphatic carbocycles. The molecule has 0 saturated carbocycles. The zero-order valence-electron chi connectivity index (χ0n) is 13.7. The molecule has 0 spiro atoms. The van der Waals surface area contributed by atoms with E-state index in [-0.39, 0.29) is 6.61 Å². The molecule has 5 atom stereocenters. The van der Waals surface area contributed by atoms with E-state index in [9.17, 15) is 20.4 Å². The first kappa shape index (κ1) is 17.9. The molecule has 4 N–H and O–H groups in total. The van der Waals surface area contributed by atoms with Gasteiger partial charge in [0, 0.05) is 5.41 Å². The summed E-state index contributed by atoms with van der Waals surface area (Å²) >= 11 is 0. The lowest BCUT2D eigenvalue weighted by atomic mass is 9.48. The van der Waals surface area contributed by atoms with Gasteiger partial charge in [-0.2, -0.15) is 0 Å². The molecule has 120 valence electrons. The van der Waals surface area contributed by atoms with Crippen LogP contribution < -0.4 is 0 Å². The Labute approximate surface area is 121 Å². The second-order valence-corrected chi connectivity index (χ2v) is 7.89. The molecule has 0 aromatic carbocycles. The minimum Gasteiger partial charge on any atom is -0.393 e. The molecule has 0 radical (unpaired) electrons. The topological polar surface area (TPSA) is 90.2 Å². The van der Waals surface area contributed by atoms with Gasteiger partial charge in [0.05, 0.1) is 24.4 Å². The second kappa shape index (κ2) is 4.65. The Morgan fingerprint density at radius 1 is 1.00 bits per heavy atom. The van der Waals surface area contributed by atoms with Gasteiger partial charge < -0.3 is 25.2 Å². The molecule has 1 heterocycles. The number of hydrogen-bond donors (Lipinski definition) is 4. The number of aliphatic hydroxyl groups is 4. The van der Waals surface area contributed by atoms with Gasteiger partial charge in [0.15, 0.2) is 0 Å². The van der Waals surface area contributed by atoms with Crippen molar-refractivity contribution in [3.63, 3.8) is 0 Å². The number of ether oxygens (including phenoxy) is 1. The standard InChI is InChI=1S/C15H30O5/c1-11(2,3)15(7)13(5,9-17)20-12(4,8-16)10(18)14(15,6)19/h10,16-19H,8-9H2,1-7H3. The Kier molecular flexibility index (Phi) is 4.15. The first-order chi connectivity index (χ1) is 8.73. The minimum atomic E-state index is -1.54. The van der Waals surface area contributed by atoms with Crippen LogP contribution in [0.5, 0.6) is 0 Å². The largest absolute Gasteiger partial charge is 0.393 e. The van der Waals surface area contributed by atoms with Crippen LogP contribution in [0.2, 0.25) is 0 Å². The van der Waals surface area contributed by atoms with Crippen LogP contribution in [0.25, 0.3) is 0 Å². The Balaban J connectivity index is 3.59. The Morgan fingerprint density at radius 2 is 1.45 bits per heavy atom. The van der Waals surface area contributed by atoms with E-state index >= 15 is 0 Å². The van der Waals surface area contributed by atoms with E-state index in [0.717, 1.165) is 0 Å². The third kappa shape index (κ3) is 1.95. The second-order valence-electron chi connectivity index (χ2n) is 7.89. The van der Waals surface area contributed by atoms with Crippen LogP contribution >= 0.6 is 0 Å². The molecule has 0 amide bonds. The maximum Gasteiger partial charge on any atom is 0.118 e. The molecule has 20 heavy (non-hydrogen) atoms. The van der Waals surface area contributed by atoms with Crippen LogP contribution in [-0.2, 0) is 4.74 Å². The summed E-state index contributed by atoms with van der Waals surface area (Å²) in [7, 11) is 0. The molecule has 5 nitrogen and oxygen atoms in total. The molecule has 0 bridgehead atoms. The Hall–Kier alpha value is -0.200. The zero-order chi connectivity index (χ0) is 16.2. The predicted octanol–water partition coefficient (Wildman–Crippen LogP) is 0.683. The van der Waals surface area contributed by atoms with E-state index < -0.39 is 40.3 Å². The van der Waals surface area contributed by atoms with E-state index in [1.54, 1.807) is 20.8 Å². The number of hydrogen-bond acceptors (Lipinski definition) is 5. The first-order valence-electron chi connectivity index (χ1n) is 7.06. The summed E-state index contributed by atoms with van der Waals surface area (Å²) in [4.78, 5) is 0. The van der Waals surface area contributed by atoms with Gasteiger partial charge in [0.2, 0.25) is 0 Å². The fourth-order valence-corrected chi connectivity index (χ4v) is 3.94. The van der Waals surface area contributed by atoms with Gasteiger partial charge in [-0.25, -0.2) is 0 Å². The number of rotatable bonds is 2. The van der Waals surface area contributed by atoms with Crippen LogP contribution in [0.1, 0.15) is 48.5 Å². The van der Waals surface area contributed by atoms with E-state index in [1.807, 2.05) is 27.7 Å². The van der Waals surface area contributed by atoms with E-state index in [0.29, 0.717) is 0 Å². The fraction of sp³-hybridized carbons (Fsp3) is 1.00. The van der Waals surface area contributed by atoms with Crippen molar-refractivity contribution in [2.24, 2.45) is 10.8 Å². The van der Waals surface area contributed by atoms with Crippen molar-refractivity contribution in [1.29, 1.82) is 0 Å². The van der Waals surface area contributed by atoms with Crippen molar-refractivity contribution >= 4 is 0 Å². The van der Waals surface area contributed by atoms with Gasteiger partial charge in [-0.05, 0) is 26.2 Å². The summed E-state index contributed by atoms with van der Waals surface area (Å²) < 4.78 is 5.94. The van der Waals surface area contributed by atoms with Gasteiger partial charge in [-0.1, -0.05) is 27.7 Å². The minimum absolute atomic E-state index is 0.320. The molecule has 0 aromatic rings. The Bertz CT molecular complexity index is 368. The third-order valence-electron chi connectivity index (χ3n) is 5.75. The van der Waals surface area contributed by atoms with Crippen molar-refractivity contribution in [3.8, 4) is 0 Å². The Morgan fingerprint density at radius 3 is 1.75 bits per heavy atom. The number of aliphatic hydroxyl groups excluding tert-OH is 3. The molecule has 1 saturated heterocycles. The fourth-order valence-electron chi connectivity index (χ4n) is 3.94. The lowest BCUT2D eigenvalue weighted by Crippen LogP contribution is -2.79. The van der Waals surface area contributed by atoms with Gasteiger partial charge in [0.1, 0.15) is 11.7 Å². The molecule has 1 aliphatic heterocycles. The summed E-state index contributed by atoms with van der Waals surface area (Å²) in [5.74, 6) is 0. The highest BCUT2D eigenvalue weighted by atomic mass is 16.6. The molecule has 1 aliphatic rings. The lowest BCUT2D eigenvalue weighted by molar-refractivity contribution is -0.379. The molecular formula is C15H30O5. The normalized spacial score (nSPS) is 50.2. The van der Waals surface area contributed by atoms with E-state index in [4.69, 9.17) is 4.74 Å². The average Bonchev–Trinajstić information content (AvgIpc) is 2.33. The average molecular weight is 290 g/mol. The molecule has 1 fully saturated rings. The van der Waals surface area contributed by atoms with Gasteiger partial charge >= 0.3 is 0 Å². The SMILES string of the molecule is CC1(CO)OC(C)(CO)C(C)(C(C)(C)C)C(C)(O)C1O. The van der Waals surface area contributed by atoms with Gasteiger partial charge in [-0.15, -0.1) is 0 Å². The molecule has 0 aromatic heterocycles. The van der Waals surface area contributed by atoms with E-state index in [1.165, 1.54) is 0 Å². The molecular weight excluding hydrogens is 260 g/mol. The monoisotopic (exact) mass is 290 g/mol. The predicted molar refractivity (Wildman–Crippen MR) is 76.3 cm³/mol. The van der Waals surface area contributed by atoms with E-state index in [2.05, 4.69) is 0 Å².